The van der Waals surface area contributed by atoms with E-state index in [1.165, 1.54) is 28.8 Å². The third-order valence-electron chi connectivity index (χ3n) is 2.94. The fourth-order valence-corrected chi connectivity index (χ4v) is 2.16. The Labute approximate surface area is 105 Å². The largest absolute Gasteiger partial charge is 0.210 e. The van der Waals surface area contributed by atoms with Crippen molar-refractivity contribution in [2.45, 2.75) is 40.5 Å². The molecule has 0 aliphatic heterocycles. The van der Waals surface area contributed by atoms with E-state index >= 15 is 0 Å². The molecule has 0 amide bonds. The number of hydrogen-bond acceptors (Lipinski definition) is 0. The summed E-state index contributed by atoms with van der Waals surface area (Å²) < 4.78 is 2.23. The highest BCUT2D eigenvalue weighted by Crippen LogP contribution is 2.21. The van der Waals surface area contributed by atoms with E-state index < -0.39 is 0 Å². The summed E-state index contributed by atoms with van der Waals surface area (Å²) in [5.74, 6) is 0. The first-order chi connectivity index (χ1) is 8.06. The molecule has 1 aromatic carbocycles. The number of allylic oxidation sites excluding steroid dienone is 2. The van der Waals surface area contributed by atoms with Gasteiger partial charge in [-0.05, 0) is 27.2 Å². The van der Waals surface area contributed by atoms with Crippen LogP contribution >= 0.6 is 0 Å². The van der Waals surface area contributed by atoms with Gasteiger partial charge in [0.05, 0.1) is 0 Å². The maximum Gasteiger partial charge on any atom is 0.210 e. The van der Waals surface area contributed by atoms with Crippen molar-refractivity contribution in [2.24, 2.45) is 0 Å². The summed E-state index contributed by atoms with van der Waals surface area (Å²) in [4.78, 5) is 0. The molecular weight excluding hydrogens is 206 g/mol. The molecule has 0 aliphatic rings. The molecule has 0 radical (unpaired) electrons. The van der Waals surface area contributed by atoms with Crippen LogP contribution in [-0.4, -0.2) is 17.8 Å². The van der Waals surface area contributed by atoms with Gasteiger partial charge in [-0.1, -0.05) is 37.6 Å². The van der Waals surface area contributed by atoms with Gasteiger partial charge in [-0.15, -0.1) is 0 Å². The van der Waals surface area contributed by atoms with Gasteiger partial charge in [0.2, 0.25) is 5.69 Å². The molecule has 0 unspecified atom stereocenters. The summed E-state index contributed by atoms with van der Waals surface area (Å²) >= 11 is 0. The predicted octanol–water partition coefficient (Wildman–Crippen LogP) is 4.39. The van der Waals surface area contributed by atoms with Gasteiger partial charge >= 0.3 is 0 Å². The van der Waals surface area contributed by atoms with Crippen LogP contribution in [0.1, 0.15) is 37.8 Å². The van der Waals surface area contributed by atoms with Crippen LogP contribution in [0.3, 0.4) is 0 Å². The molecule has 0 heterocycles. The van der Waals surface area contributed by atoms with Gasteiger partial charge in [0.25, 0.3) is 0 Å². The van der Waals surface area contributed by atoms with Crippen molar-refractivity contribution in [1.29, 1.82) is 0 Å². The zero-order valence-electron chi connectivity index (χ0n) is 11.7. The summed E-state index contributed by atoms with van der Waals surface area (Å²) in [6, 6.07) is 6.44. The first kappa shape index (κ1) is 13.7. The number of hydrogen-bond donors (Lipinski definition) is 0. The number of benzene rings is 1. The predicted molar refractivity (Wildman–Crippen MR) is 76.5 cm³/mol. The molecule has 0 spiro atoms. The summed E-state index contributed by atoms with van der Waals surface area (Å²) in [5.41, 5.74) is 5.30. The van der Waals surface area contributed by atoms with Crippen LogP contribution in [0.2, 0.25) is 0 Å². The van der Waals surface area contributed by atoms with E-state index in [2.05, 4.69) is 69.8 Å². The van der Waals surface area contributed by atoms with E-state index in [0.29, 0.717) is 0 Å². The zero-order chi connectivity index (χ0) is 12.8. The zero-order valence-corrected chi connectivity index (χ0v) is 11.7. The Morgan fingerprint density at radius 2 is 1.82 bits per heavy atom. The highest BCUT2D eigenvalue weighted by atomic mass is 15.0. The second kappa shape index (κ2) is 6.39. The Morgan fingerprint density at radius 1 is 1.24 bits per heavy atom. The fourth-order valence-electron chi connectivity index (χ4n) is 2.16. The Balaban J connectivity index is 3.04. The molecule has 0 aromatic heterocycles. The normalized spacial score (nSPS) is 13.0. The number of rotatable bonds is 4. The lowest BCUT2D eigenvalue weighted by atomic mass is 10.1. The number of nitrogens with zero attached hydrogens (tertiary/aromatic N) is 1. The first-order valence-electron chi connectivity index (χ1n) is 6.37. The van der Waals surface area contributed by atoms with E-state index in [1.807, 2.05) is 0 Å². The van der Waals surface area contributed by atoms with Crippen molar-refractivity contribution < 1.29 is 4.58 Å². The highest BCUT2D eigenvalue weighted by molar-refractivity contribution is 5.74. The molecule has 0 bridgehead atoms. The molecule has 1 heteroatoms. The monoisotopic (exact) mass is 230 g/mol. The molecule has 1 rings (SSSR count). The van der Waals surface area contributed by atoms with Gasteiger partial charge in [0.1, 0.15) is 7.05 Å². The van der Waals surface area contributed by atoms with Gasteiger partial charge in [-0.3, -0.25) is 0 Å². The van der Waals surface area contributed by atoms with E-state index in [1.54, 1.807) is 0 Å². The second-order valence-corrected chi connectivity index (χ2v) is 4.72. The minimum atomic E-state index is 1.16. The Bertz CT molecular complexity index is 419. The summed E-state index contributed by atoms with van der Waals surface area (Å²) in [5, 5.41) is 0. The van der Waals surface area contributed by atoms with Crippen molar-refractivity contribution in [1.82, 2.24) is 0 Å². The van der Waals surface area contributed by atoms with Crippen LogP contribution in [0.25, 0.3) is 0 Å². The molecule has 92 valence electrons. The summed E-state index contributed by atoms with van der Waals surface area (Å²) in [6.07, 6.45) is 6.87. The average Bonchev–Trinajstić information content (AvgIpc) is 2.26. The molecule has 1 aromatic rings. The van der Waals surface area contributed by atoms with Crippen LogP contribution in [0, 0.1) is 13.8 Å². The Hall–Kier alpha value is -1.37. The van der Waals surface area contributed by atoms with Gasteiger partial charge in [0, 0.05) is 16.7 Å². The van der Waals surface area contributed by atoms with Gasteiger partial charge < -0.3 is 0 Å². The first-order valence-corrected chi connectivity index (χ1v) is 6.37. The average molecular weight is 230 g/mol. The third-order valence-corrected chi connectivity index (χ3v) is 2.94. The van der Waals surface area contributed by atoms with Gasteiger partial charge in [0.15, 0.2) is 6.21 Å². The third kappa shape index (κ3) is 3.85. The molecule has 1 nitrogen and oxygen atoms in total. The molecular formula is C16H24N+. The van der Waals surface area contributed by atoms with E-state index in [9.17, 15) is 0 Å². The number of unbranched alkanes of at least 4 members (excludes halogenated alkanes) is 1. The lowest BCUT2D eigenvalue weighted by Gasteiger charge is -2.04. The minimum absolute atomic E-state index is 1.16. The summed E-state index contributed by atoms with van der Waals surface area (Å²) in [6.45, 7) is 8.70. The highest BCUT2D eigenvalue weighted by Gasteiger charge is 2.10. The lowest BCUT2D eigenvalue weighted by molar-refractivity contribution is -0.400. The molecule has 0 N–H and O–H groups in total. The lowest BCUT2D eigenvalue weighted by Crippen LogP contribution is -2.04. The smallest absolute Gasteiger partial charge is 0.201 e. The Kier molecular flexibility index (Phi) is 5.14. The van der Waals surface area contributed by atoms with Crippen LogP contribution in [0.5, 0.6) is 0 Å². The van der Waals surface area contributed by atoms with E-state index in [0.717, 1.165) is 6.42 Å². The van der Waals surface area contributed by atoms with Crippen molar-refractivity contribution in [3.8, 4) is 0 Å². The SMILES string of the molecule is CCC/C=C(\C)C=[N+](C)c1c(C)cccc1C. The van der Waals surface area contributed by atoms with Gasteiger partial charge in [-0.25, -0.2) is 4.58 Å². The van der Waals surface area contributed by atoms with Crippen molar-refractivity contribution in [3.05, 3.63) is 41.0 Å². The fraction of sp³-hybridized carbons (Fsp3) is 0.438. The number of aryl methyl sites for hydroxylation is 2. The maximum absolute atomic E-state index is 2.30. The molecule has 0 atom stereocenters. The molecule has 17 heavy (non-hydrogen) atoms. The van der Waals surface area contributed by atoms with Crippen LogP contribution in [0.15, 0.2) is 29.8 Å². The second-order valence-electron chi connectivity index (χ2n) is 4.72. The quantitative estimate of drug-likeness (QED) is 0.533. The standard InChI is InChI=1S/C16H24N/c1-6-7-9-13(2)12-17(5)16-14(3)10-8-11-15(16)4/h8-12H,6-7H2,1-5H3/q+1/b13-9+,17-12?. The molecule has 0 aliphatic carbocycles. The van der Waals surface area contributed by atoms with Crippen molar-refractivity contribution in [3.63, 3.8) is 0 Å². The van der Waals surface area contributed by atoms with Gasteiger partial charge in [-0.2, -0.15) is 0 Å². The van der Waals surface area contributed by atoms with Crippen LogP contribution in [-0.2, 0) is 0 Å². The van der Waals surface area contributed by atoms with E-state index in [4.69, 9.17) is 0 Å². The van der Waals surface area contributed by atoms with E-state index in [-0.39, 0.29) is 0 Å². The molecule has 0 saturated carbocycles. The topological polar surface area (TPSA) is 3.01 Å². The van der Waals surface area contributed by atoms with Crippen molar-refractivity contribution >= 4 is 11.9 Å². The Morgan fingerprint density at radius 3 is 2.35 bits per heavy atom. The summed E-state index contributed by atoms with van der Waals surface area (Å²) in [7, 11) is 2.12. The number of para-hydroxylation sites is 1. The van der Waals surface area contributed by atoms with Crippen molar-refractivity contribution in [2.75, 3.05) is 7.05 Å². The molecule has 0 saturated heterocycles. The minimum Gasteiger partial charge on any atom is -0.201 e. The van der Waals surface area contributed by atoms with Crippen LogP contribution < -0.4 is 0 Å². The van der Waals surface area contributed by atoms with Crippen LogP contribution in [0.4, 0.5) is 5.69 Å². The maximum atomic E-state index is 2.30. The molecule has 0 fully saturated rings.